The van der Waals surface area contributed by atoms with Gasteiger partial charge in [-0.3, -0.25) is 29.1 Å². The number of benzene rings is 1. The van der Waals surface area contributed by atoms with E-state index in [9.17, 15) is 37.1 Å². The van der Waals surface area contributed by atoms with Gasteiger partial charge in [0.05, 0.1) is 44.9 Å². The number of nitrogen functional groups attached to an aromatic ring is 1. The number of alkyl carbamates (subject to hydrolysis) is 1. The van der Waals surface area contributed by atoms with Crippen molar-refractivity contribution in [1.29, 1.82) is 0 Å². The number of nitrogens with zero attached hydrogens (tertiary/aromatic N) is 4. The number of carbonyl (C=O) groups excluding carboxylic acids is 4. The number of nitrogens with one attached hydrogen (secondary N) is 4. The van der Waals surface area contributed by atoms with Crippen molar-refractivity contribution in [3.8, 4) is 0 Å². The van der Waals surface area contributed by atoms with Crippen LogP contribution >= 0.6 is 0 Å². The first-order chi connectivity index (χ1) is 24.4. The van der Waals surface area contributed by atoms with E-state index in [1.54, 1.807) is 27.7 Å². The maximum absolute atomic E-state index is 13.5. The lowest BCUT2D eigenvalue weighted by molar-refractivity contribution is -0.170. The summed E-state index contributed by atoms with van der Waals surface area (Å²) in [5.41, 5.74) is 3.49. The van der Waals surface area contributed by atoms with Gasteiger partial charge in [-0.1, -0.05) is 0 Å². The number of aromatic amines is 1. The third kappa shape index (κ3) is 13.7. The Balaban J connectivity index is 1.40. The second-order valence-electron chi connectivity index (χ2n) is 12.3. The number of rotatable bonds is 17. The Morgan fingerprint density at radius 1 is 0.962 bits per heavy atom. The van der Waals surface area contributed by atoms with Crippen molar-refractivity contribution in [2.75, 3.05) is 50.2 Å². The third-order valence-corrected chi connectivity index (χ3v) is 6.77. The summed E-state index contributed by atoms with van der Waals surface area (Å²) in [6.45, 7) is 7.95. The van der Waals surface area contributed by atoms with Crippen molar-refractivity contribution >= 4 is 46.6 Å². The Morgan fingerprint density at radius 2 is 1.60 bits per heavy atom. The van der Waals surface area contributed by atoms with Gasteiger partial charge in [-0.2, -0.15) is 18.2 Å². The molecule has 0 unspecified atom stereocenters. The number of hydrogen-bond acceptors (Lipinski definition) is 12. The van der Waals surface area contributed by atoms with E-state index in [0.717, 1.165) is 6.20 Å². The number of nitrogens with two attached hydrogens (primary N) is 1. The van der Waals surface area contributed by atoms with Crippen LogP contribution in [0.15, 0.2) is 35.3 Å². The Hall–Kier alpha value is -5.37. The predicted octanol–water partition coefficient (Wildman–Crippen LogP) is 1.96. The highest BCUT2D eigenvalue weighted by Gasteiger charge is 2.43. The zero-order valence-electron chi connectivity index (χ0n) is 29.1. The van der Waals surface area contributed by atoms with E-state index < -0.39 is 47.8 Å². The number of anilines is 2. The summed E-state index contributed by atoms with van der Waals surface area (Å²) in [5.74, 6) is -3.23. The Kier molecular flexibility index (Phi) is 14.8. The van der Waals surface area contributed by atoms with Crippen LogP contribution in [0.5, 0.6) is 0 Å². The molecule has 20 heteroatoms. The highest BCUT2D eigenvalue weighted by atomic mass is 19.4. The van der Waals surface area contributed by atoms with Crippen molar-refractivity contribution in [3.05, 3.63) is 52.1 Å². The fraction of sp³-hybridized carbons (Fsp3) is 0.500. The second-order valence-corrected chi connectivity index (χ2v) is 12.3. The first-order valence-corrected chi connectivity index (χ1v) is 16.1. The second kappa shape index (κ2) is 18.7. The topological polar surface area (TPSA) is 233 Å². The molecule has 0 aliphatic heterocycles. The van der Waals surface area contributed by atoms with Gasteiger partial charge in [0.15, 0.2) is 11.2 Å². The number of aromatic nitrogens is 4. The van der Waals surface area contributed by atoms with E-state index in [1.807, 2.05) is 0 Å². The highest BCUT2D eigenvalue weighted by molar-refractivity contribution is 5.98. The van der Waals surface area contributed by atoms with E-state index in [4.69, 9.17) is 19.9 Å². The summed E-state index contributed by atoms with van der Waals surface area (Å²) in [7, 11) is 0. The lowest BCUT2D eigenvalue weighted by Gasteiger charge is -2.24. The zero-order chi connectivity index (χ0) is 38.5. The molecule has 4 amide bonds. The molecule has 52 heavy (non-hydrogen) atoms. The van der Waals surface area contributed by atoms with Gasteiger partial charge in [-0.15, -0.1) is 0 Å². The molecule has 0 saturated carbocycles. The summed E-state index contributed by atoms with van der Waals surface area (Å²) in [6.07, 6.45) is -4.30. The van der Waals surface area contributed by atoms with E-state index in [1.165, 1.54) is 24.3 Å². The lowest BCUT2D eigenvalue weighted by Crippen LogP contribution is -2.41. The quantitative estimate of drug-likeness (QED) is 0.125. The first kappa shape index (κ1) is 41.1. The van der Waals surface area contributed by atoms with Crippen LogP contribution in [0.4, 0.5) is 29.6 Å². The minimum absolute atomic E-state index is 0.0978. The van der Waals surface area contributed by atoms with Crippen molar-refractivity contribution < 1.29 is 46.6 Å². The van der Waals surface area contributed by atoms with E-state index >= 15 is 0 Å². The summed E-state index contributed by atoms with van der Waals surface area (Å²) >= 11 is 0. The fourth-order valence-corrected chi connectivity index (χ4v) is 4.37. The fourth-order valence-electron chi connectivity index (χ4n) is 4.37. The minimum Gasteiger partial charge on any atom is -0.444 e. The van der Waals surface area contributed by atoms with Crippen LogP contribution in [0, 0.1) is 0 Å². The Bertz CT molecular complexity index is 1750. The van der Waals surface area contributed by atoms with Crippen LogP contribution in [0.2, 0.25) is 0 Å². The molecule has 0 saturated heterocycles. The number of carbonyl (C=O) groups is 4. The van der Waals surface area contributed by atoms with Crippen LogP contribution in [-0.2, 0) is 30.3 Å². The molecule has 3 aromatic rings. The molecule has 2 heterocycles. The van der Waals surface area contributed by atoms with Crippen LogP contribution < -0.4 is 32.1 Å². The van der Waals surface area contributed by atoms with E-state index in [2.05, 4.69) is 35.9 Å². The molecule has 0 radical (unpaired) electrons. The van der Waals surface area contributed by atoms with Crippen LogP contribution in [-0.4, -0.2) is 101 Å². The number of hydrogen-bond donors (Lipinski definition) is 5. The number of alkyl halides is 3. The number of amides is 4. The van der Waals surface area contributed by atoms with Gasteiger partial charge in [0.1, 0.15) is 5.60 Å². The maximum atomic E-state index is 13.5. The molecule has 0 bridgehead atoms. The Labute approximate surface area is 296 Å². The number of ether oxygens (including phenoxy) is 3. The molecule has 1 aromatic carbocycles. The van der Waals surface area contributed by atoms with Gasteiger partial charge in [0.2, 0.25) is 11.9 Å². The number of halogens is 3. The maximum Gasteiger partial charge on any atom is 0.471 e. The first-order valence-electron chi connectivity index (χ1n) is 16.1. The van der Waals surface area contributed by atoms with Gasteiger partial charge in [-0.25, -0.2) is 14.8 Å². The number of H-pyrrole nitrogens is 1. The van der Waals surface area contributed by atoms with Gasteiger partial charge in [0, 0.05) is 36.8 Å². The average Bonchev–Trinajstić information content (AvgIpc) is 3.05. The van der Waals surface area contributed by atoms with Crippen LogP contribution in [0.1, 0.15) is 56.6 Å². The van der Waals surface area contributed by atoms with Gasteiger partial charge in [0.25, 0.3) is 11.5 Å². The third-order valence-electron chi connectivity index (χ3n) is 6.77. The molecule has 0 aliphatic rings. The molecule has 3 rings (SSSR count). The highest BCUT2D eigenvalue weighted by Crippen LogP contribution is 2.26. The molecule has 17 nitrogen and oxygen atoms in total. The molecule has 1 atom stereocenters. The van der Waals surface area contributed by atoms with Crippen molar-refractivity contribution in [3.63, 3.8) is 0 Å². The van der Waals surface area contributed by atoms with Crippen LogP contribution in [0.3, 0.4) is 0 Å². The standard InChI is InChI=1S/C32H42F3N9O8/c1-19(5-10-23(45)37-11-13-50-15-16-51-14-12-38-30(49)52-31(2,3)4)40-26(46)20-6-8-22(9-7-20)44(28(48)32(33,34)35)18-21-17-39-25-24(41-21)27(47)43-29(36)42-25/h6-9,17,19H,5,10-16,18H2,1-4H3,(H,37,45)(H,38,49)(H,40,46)(H3,36,39,42,43,47)/t19-/m1/s1. The van der Waals surface area contributed by atoms with E-state index in [0.29, 0.717) is 24.5 Å². The zero-order valence-corrected chi connectivity index (χ0v) is 29.1. The molecule has 284 valence electrons. The van der Waals surface area contributed by atoms with Crippen LogP contribution in [0.25, 0.3) is 11.2 Å². The minimum atomic E-state index is -5.25. The lowest BCUT2D eigenvalue weighted by atomic mass is 10.1. The molecule has 2 aromatic heterocycles. The molecular formula is C32H42F3N9O8. The van der Waals surface area contributed by atoms with E-state index in [-0.39, 0.29) is 72.7 Å². The van der Waals surface area contributed by atoms with Gasteiger partial charge >= 0.3 is 18.2 Å². The van der Waals surface area contributed by atoms with Gasteiger partial charge in [-0.05, 0) is 58.4 Å². The van der Waals surface area contributed by atoms with Crippen molar-refractivity contribution in [2.24, 2.45) is 0 Å². The molecule has 6 N–H and O–H groups in total. The monoisotopic (exact) mass is 737 g/mol. The summed E-state index contributed by atoms with van der Waals surface area (Å²) in [5, 5.41) is 8.00. The van der Waals surface area contributed by atoms with Gasteiger partial charge < -0.3 is 35.9 Å². The Morgan fingerprint density at radius 3 is 2.21 bits per heavy atom. The SMILES string of the molecule is C[C@H](CCC(=O)NCCOCCOCCNC(=O)OC(C)(C)C)NC(=O)c1ccc(N(Cc2cnc3nc(N)[nH]c(=O)c3n2)C(=O)C(F)(F)F)cc1. The largest absolute Gasteiger partial charge is 0.471 e. The molecule has 0 fully saturated rings. The normalized spacial score (nSPS) is 12.2. The molecule has 0 spiro atoms. The smallest absolute Gasteiger partial charge is 0.444 e. The number of fused-ring (bicyclic) bond motifs is 1. The average molecular weight is 738 g/mol. The summed E-state index contributed by atoms with van der Waals surface area (Å²) < 4.78 is 56.4. The predicted molar refractivity (Wildman–Crippen MR) is 181 cm³/mol. The molecular weight excluding hydrogens is 695 g/mol. The summed E-state index contributed by atoms with van der Waals surface area (Å²) in [4.78, 5) is 75.4. The molecule has 0 aliphatic carbocycles. The van der Waals surface area contributed by atoms with Crippen molar-refractivity contribution in [2.45, 2.75) is 64.9 Å². The summed E-state index contributed by atoms with van der Waals surface area (Å²) in [6, 6.07) is 4.39. The van der Waals surface area contributed by atoms with Crippen molar-refractivity contribution in [1.82, 2.24) is 35.9 Å².